The van der Waals surface area contributed by atoms with E-state index in [1.54, 1.807) is 14.2 Å². The highest BCUT2D eigenvalue weighted by atomic mass is 16.5. The first kappa shape index (κ1) is 13.8. The van der Waals surface area contributed by atoms with Crippen LogP contribution in [0.25, 0.3) is 0 Å². The van der Waals surface area contributed by atoms with E-state index in [1.807, 2.05) is 12.1 Å². The van der Waals surface area contributed by atoms with Crippen LogP contribution < -0.4 is 15.2 Å². The molecule has 0 spiro atoms. The van der Waals surface area contributed by atoms with Crippen LogP contribution in [0.5, 0.6) is 11.5 Å². The average Bonchev–Trinajstić information content (AvgIpc) is 2.36. The third-order valence-electron chi connectivity index (χ3n) is 3.74. The van der Waals surface area contributed by atoms with Crippen molar-refractivity contribution in [3.63, 3.8) is 0 Å². The summed E-state index contributed by atoms with van der Waals surface area (Å²) in [4.78, 5) is 0. The molecule has 0 saturated heterocycles. The zero-order valence-electron chi connectivity index (χ0n) is 11.4. The predicted molar refractivity (Wildman–Crippen MR) is 70.8 cm³/mol. The molecule has 1 rings (SSSR count). The van der Waals surface area contributed by atoms with Gasteiger partial charge in [-0.2, -0.15) is 0 Å². The molecule has 0 radical (unpaired) electrons. The van der Waals surface area contributed by atoms with E-state index in [-0.39, 0.29) is 5.41 Å². The molecule has 1 unspecified atom stereocenters. The van der Waals surface area contributed by atoms with Gasteiger partial charge in [-0.05, 0) is 23.6 Å². The SMILES string of the molecule is COc1ccc(C(C)(CN)C(C)C)cc1OC. The summed E-state index contributed by atoms with van der Waals surface area (Å²) >= 11 is 0. The Kier molecular flexibility index (Phi) is 4.40. The normalized spacial score (nSPS) is 14.5. The lowest BCUT2D eigenvalue weighted by atomic mass is 9.73. The minimum absolute atomic E-state index is 0.0421. The molecule has 1 atom stereocenters. The first-order valence-corrected chi connectivity index (χ1v) is 5.92. The highest BCUT2D eigenvalue weighted by molar-refractivity contribution is 5.45. The van der Waals surface area contributed by atoms with Crippen molar-refractivity contribution in [1.82, 2.24) is 0 Å². The van der Waals surface area contributed by atoms with Crippen LogP contribution in [-0.2, 0) is 5.41 Å². The van der Waals surface area contributed by atoms with E-state index in [2.05, 4.69) is 26.8 Å². The first-order valence-electron chi connectivity index (χ1n) is 5.92. The summed E-state index contributed by atoms with van der Waals surface area (Å²) in [6, 6.07) is 6.02. The van der Waals surface area contributed by atoms with Crippen LogP contribution in [0, 0.1) is 5.92 Å². The van der Waals surface area contributed by atoms with E-state index >= 15 is 0 Å². The van der Waals surface area contributed by atoms with Gasteiger partial charge in [0, 0.05) is 12.0 Å². The lowest BCUT2D eigenvalue weighted by Crippen LogP contribution is -2.37. The Hall–Kier alpha value is -1.22. The van der Waals surface area contributed by atoms with E-state index < -0.39 is 0 Å². The van der Waals surface area contributed by atoms with Gasteiger partial charge in [-0.15, -0.1) is 0 Å². The molecule has 0 amide bonds. The molecule has 3 heteroatoms. The molecule has 3 nitrogen and oxygen atoms in total. The Morgan fingerprint density at radius 2 is 1.76 bits per heavy atom. The zero-order valence-corrected chi connectivity index (χ0v) is 11.4. The maximum Gasteiger partial charge on any atom is 0.161 e. The van der Waals surface area contributed by atoms with Crippen LogP contribution in [0.4, 0.5) is 0 Å². The van der Waals surface area contributed by atoms with Crippen molar-refractivity contribution < 1.29 is 9.47 Å². The molecule has 0 aliphatic carbocycles. The quantitative estimate of drug-likeness (QED) is 0.856. The Balaban J connectivity index is 3.23. The molecule has 1 aromatic rings. The highest BCUT2D eigenvalue weighted by Crippen LogP contribution is 2.36. The number of benzene rings is 1. The lowest BCUT2D eigenvalue weighted by molar-refractivity contribution is 0.335. The topological polar surface area (TPSA) is 44.5 Å². The van der Waals surface area contributed by atoms with Gasteiger partial charge >= 0.3 is 0 Å². The molecule has 0 heterocycles. The largest absolute Gasteiger partial charge is 0.493 e. The molecule has 17 heavy (non-hydrogen) atoms. The van der Waals surface area contributed by atoms with Crippen LogP contribution in [0.1, 0.15) is 26.3 Å². The predicted octanol–water partition coefficient (Wildman–Crippen LogP) is 2.58. The van der Waals surface area contributed by atoms with Crippen molar-refractivity contribution in [2.45, 2.75) is 26.2 Å². The monoisotopic (exact) mass is 237 g/mol. The molecule has 0 saturated carbocycles. The second-order valence-electron chi connectivity index (χ2n) is 4.85. The number of ether oxygens (including phenoxy) is 2. The van der Waals surface area contributed by atoms with Crippen molar-refractivity contribution in [3.8, 4) is 11.5 Å². The van der Waals surface area contributed by atoms with Gasteiger partial charge in [0.1, 0.15) is 0 Å². The molecule has 0 bridgehead atoms. The molecule has 0 aliphatic heterocycles. The second kappa shape index (κ2) is 5.41. The average molecular weight is 237 g/mol. The van der Waals surface area contributed by atoms with Gasteiger partial charge in [-0.1, -0.05) is 26.8 Å². The summed E-state index contributed by atoms with van der Waals surface area (Å²) in [6.45, 7) is 7.16. The third kappa shape index (κ3) is 2.55. The standard InChI is InChI=1S/C14H23NO2/c1-10(2)14(3,9-15)11-6-7-12(16-4)13(8-11)17-5/h6-8,10H,9,15H2,1-5H3. The first-order chi connectivity index (χ1) is 7.99. The van der Waals surface area contributed by atoms with E-state index in [1.165, 1.54) is 5.56 Å². The van der Waals surface area contributed by atoms with E-state index in [0.717, 1.165) is 11.5 Å². The molecular weight excluding hydrogens is 214 g/mol. The van der Waals surface area contributed by atoms with Gasteiger partial charge < -0.3 is 15.2 Å². The van der Waals surface area contributed by atoms with E-state index in [4.69, 9.17) is 15.2 Å². The van der Waals surface area contributed by atoms with E-state index in [9.17, 15) is 0 Å². The van der Waals surface area contributed by atoms with Gasteiger partial charge in [-0.25, -0.2) is 0 Å². The molecule has 0 fully saturated rings. The van der Waals surface area contributed by atoms with Gasteiger partial charge in [0.25, 0.3) is 0 Å². The van der Waals surface area contributed by atoms with Crippen LogP contribution in [0.15, 0.2) is 18.2 Å². The molecule has 2 N–H and O–H groups in total. The number of rotatable bonds is 5. The Morgan fingerprint density at radius 3 is 2.18 bits per heavy atom. The maximum atomic E-state index is 5.93. The van der Waals surface area contributed by atoms with Crippen molar-refractivity contribution in [3.05, 3.63) is 23.8 Å². The Morgan fingerprint density at radius 1 is 1.18 bits per heavy atom. The Bertz CT molecular complexity index is 376. The van der Waals surface area contributed by atoms with Crippen LogP contribution in [0.2, 0.25) is 0 Å². The fraction of sp³-hybridized carbons (Fsp3) is 0.571. The maximum absolute atomic E-state index is 5.93. The van der Waals surface area contributed by atoms with Crippen molar-refractivity contribution in [2.24, 2.45) is 11.7 Å². The zero-order chi connectivity index (χ0) is 13.1. The number of hydrogen-bond acceptors (Lipinski definition) is 3. The lowest BCUT2D eigenvalue weighted by Gasteiger charge is -2.33. The van der Waals surface area contributed by atoms with Crippen LogP contribution in [0.3, 0.4) is 0 Å². The van der Waals surface area contributed by atoms with Crippen molar-refractivity contribution in [2.75, 3.05) is 20.8 Å². The van der Waals surface area contributed by atoms with E-state index in [0.29, 0.717) is 12.5 Å². The van der Waals surface area contributed by atoms with Crippen LogP contribution >= 0.6 is 0 Å². The second-order valence-corrected chi connectivity index (χ2v) is 4.85. The number of hydrogen-bond donors (Lipinski definition) is 1. The van der Waals surface area contributed by atoms with Gasteiger partial charge in [0.2, 0.25) is 0 Å². The van der Waals surface area contributed by atoms with Crippen molar-refractivity contribution in [1.29, 1.82) is 0 Å². The number of nitrogens with two attached hydrogens (primary N) is 1. The smallest absolute Gasteiger partial charge is 0.161 e. The molecule has 1 aromatic carbocycles. The van der Waals surface area contributed by atoms with Gasteiger partial charge in [-0.3, -0.25) is 0 Å². The molecular formula is C14H23NO2. The summed E-state index contributed by atoms with van der Waals surface area (Å²) in [5, 5.41) is 0. The summed E-state index contributed by atoms with van der Waals surface area (Å²) < 4.78 is 10.6. The van der Waals surface area contributed by atoms with Crippen molar-refractivity contribution >= 4 is 0 Å². The fourth-order valence-corrected chi connectivity index (χ4v) is 1.88. The summed E-state index contributed by atoms with van der Waals surface area (Å²) in [5.41, 5.74) is 7.08. The summed E-state index contributed by atoms with van der Waals surface area (Å²) in [7, 11) is 3.29. The minimum atomic E-state index is -0.0421. The summed E-state index contributed by atoms with van der Waals surface area (Å²) in [5.74, 6) is 1.97. The minimum Gasteiger partial charge on any atom is -0.493 e. The van der Waals surface area contributed by atoms with Crippen LogP contribution in [-0.4, -0.2) is 20.8 Å². The molecule has 96 valence electrons. The van der Waals surface area contributed by atoms with Gasteiger partial charge in [0.15, 0.2) is 11.5 Å². The van der Waals surface area contributed by atoms with Gasteiger partial charge in [0.05, 0.1) is 14.2 Å². The molecule has 0 aromatic heterocycles. The fourth-order valence-electron chi connectivity index (χ4n) is 1.88. The highest BCUT2D eigenvalue weighted by Gasteiger charge is 2.29. The summed E-state index contributed by atoms with van der Waals surface area (Å²) in [6.07, 6.45) is 0. The Labute approximate surface area is 104 Å². The number of methoxy groups -OCH3 is 2. The third-order valence-corrected chi connectivity index (χ3v) is 3.74. The molecule has 0 aliphatic rings.